The van der Waals surface area contributed by atoms with Crippen LogP contribution in [0.4, 0.5) is 10.7 Å². The van der Waals surface area contributed by atoms with E-state index in [2.05, 4.69) is 10.0 Å². The summed E-state index contributed by atoms with van der Waals surface area (Å²) in [7, 11) is 0. The second-order valence-corrected chi connectivity index (χ2v) is 4.75. The van der Waals surface area contributed by atoms with Crippen molar-refractivity contribution in [2.24, 2.45) is 5.10 Å². The molecule has 0 bridgehead atoms. The molecule has 0 aliphatic carbocycles. The molecular weight excluding hydrogens is 292 g/mol. The van der Waals surface area contributed by atoms with Crippen molar-refractivity contribution in [1.29, 1.82) is 0 Å². The molecular formula is C13H18N4O5. The van der Waals surface area contributed by atoms with Crippen molar-refractivity contribution in [1.82, 2.24) is 9.91 Å². The van der Waals surface area contributed by atoms with E-state index < -0.39 is 11.0 Å². The molecule has 0 saturated carbocycles. The third-order valence-corrected chi connectivity index (χ3v) is 3.33. The minimum absolute atomic E-state index is 0.201. The van der Waals surface area contributed by atoms with Crippen molar-refractivity contribution >= 4 is 18.2 Å². The van der Waals surface area contributed by atoms with Crippen LogP contribution < -0.4 is 0 Å². The summed E-state index contributed by atoms with van der Waals surface area (Å²) in [6.45, 7) is 6.83. The Kier molecular flexibility index (Phi) is 5.10. The molecule has 2 heterocycles. The van der Waals surface area contributed by atoms with E-state index in [1.165, 1.54) is 23.4 Å². The number of likely N-dealkylation sites (N-methyl/N-ethyl adjacent to an activating group) is 1. The van der Waals surface area contributed by atoms with E-state index in [0.717, 1.165) is 13.1 Å². The molecule has 22 heavy (non-hydrogen) atoms. The van der Waals surface area contributed by atoms with Gasteiger partial charge in [0.2, 0.25) is 0 Å². The fourth-order valence-corrected chi connectivity index (χ4v) is 2.10. The van der Waals surface area contributed by atoms with E-state index >= 15 is 0 Å². The van der Waals surface area contributed by atoms with Crippen molar-refractivity contribution in [3.63, 3.8) is 0 Å². The topological polar surface area (TPSA) is 101 Å². The number of furan rings is 1. The Hall–Kier alpha value is -2.42. The summed E-state index contributed by atoms with van der Waals surface area (Å²) in [5.74, 6) is -0.170. The first-order chi connectivity index (χ1) is 10.5. The number of hydrogen-bond acceptors (Lipinski definition) is 7. The van der Waals surface area contributed by atoms with E-state index in [9.17, 15) is 14.9 Å². The van der Waals surface area contributed by atoms with Gasteiger partial charge < -0.3 is 14.1 Å². The highest BCUT2D eigenvalue weighted by atomic mass is 16.6. The quantitative estimate of drug-likeness (QED) is 0.431. The first kappa shape index (κ1) is 16.0. The lowest BCUT2D eigenvalue weighted by molar-refractivity contribution is -0.402. The van der Waals surface area contributed by atoms with Gasteiger partial charge >= 0.3 is 12.0 Å². The van der Waals surface area contributed by atoms with E-state index in [1.54, 1.807) is 0 Å². The maximum Gasteiger partial charge on any atom is 0.433 e. The van der Waals surface area contributed by atoms with Gasteiger partial charge in [-0.2, -0.15) is 10.1 Å². The Bertz CT molecular complexity index is 567. The van der Waals surface area contributed by atoms with Crippen LogP contribution in [0.3, 0.4) is 0 Å². The molecule has 120 valence electrons. The molecule has 0 unspecified atom stereocenters. The lowest BCUT2D eigenvalue weighted by atomic mass is 10.3. The first-order valence-corrected chi connectivity index (χ1v) is 7.02. The van der Waals surface area contributed by atoms with Crippen molar-refractivity contribution in [3.8, 4) is 0 Å². The molecule has 9 heteroatoms. The summed E-state index contributed by atoms with van der Waals surface area (Å²) in [6, 6.07) is 2.64. The SMILES string of the molecule is CCN(CC)C[C@@H]1CN(/N=C/c2ccc([N+](=O)[O-])o2)C(=O)O1. The zero-order chi connectivity index (χ0) is 16.1. The van der Waals surface area contributed by atoms with Gasteiger partial charge in [0.15, 0.2) is 5.76 Å². The second-order valence-electron chi connectivity index (χ2n) is 4.75. The molecule has 1 aromatic heterocycles. The number of amides is 1. The van der Waals surface area contributed by atoms with Crippen LogP contribution in [0.25, 0.3) is 0 Å². The van der Waals surface area contributed by atoms with Crippen LogP contribution in [0.15, 0.2) is 21.7 Å². The van der Waals surface area contributed by atoms with Gasteiger partial charge in [0, 0.05) is 6.54 Å². The van der Waals surface area contributed by atoms with Gasteiger partial charge in [0.05, 0.1) is 18.8 Å². The largest absolute Gasteiger partial charge is 0.441 e. The standard InChI is InChI=1S/C13H18N4O5/c1-3-15(4-2)8-11-9-16(13(18)22-11)14-7-10-5-6-12(21-10)17(19)20/h5-7,11H,3-4,8-9H2,1-2H3/b14-7+/t11-/m1/s1. The molecule has 1 aliphatic rings. The summed E-state index contributed by atoms with van der Waals surface area (Å²) in [4.78, 5) is 23.7. The predicted molar refractivity (Wildman–Crippen MR) is 77.7 cm³/mol. The number of ether oxygens (including phenoxy) is 1. The fourth-order valence-electron chi connectivity index (χ4n) is 2.10. The van der Waals surface area contributed by atoms with Gasteiger partial charge in [0.25, 0.3) is 0 Å². The van der Waals surface area contributed by atoms with Crippen molar-refractivity contribution in [3.05, 3.63) is 28.0 Å². The van der Waals surface area contributed by atoms with Gasteiger partial charge in [-0.1, -0.05) is 13.8 Å². The maximum absolute atomic E-state index is 11.7. The lowest BCUT2D eigenvalue weighted by Gasteiger charge is -2.20. The second kappa shape index (κ2) is 7.03. The molecule has 0 N–H and O–H groups in total. The summed E-state index contributed by atoms with van der Waals surface area (Å²) in [5, 5.41) is 15.6. The normalized spacial score (nSPS) is 18.4. The summed E-state index contributed by atoms with van der Waals surface area (Å²) in [6.07, 6.45) is 0.485. The van der Waals surface area contributed by atoms with Crippen LogP contribution in [0.5, 0.6) is 0 Å². The Morgan fingerprint density at radius 3 is 2.82 bits per heavy atom. The predicted octanol–water partition coefficient (Wildman–Crippen LogP) is 1.68. The lowest BCUT2D eigenvalue weighted by Crippen LogP contribution is -2.34. The fraction of sp³-hybridized carbons (Fsp3) is 0.538. The van der Waals surface area contributed by atoms with Gasteiger partial charge in [-0.15, -0.1) is 0 Å². The van der Waals surface area contributed by atoms with Crippen molar-refractivity contribution in [2.75, 3.05) is 26.2 Å². The average molecular weight is 310 g/mol. The van der Waals surface area contributed by atoms with Gasteiger partial charge in [-0.25, -0.2) is 4.79 Å². The summed E-state index contributed by atoms with van der Waals surface area (Å²) in [5.41, 5.74) is 0. The minimum Gasteiger partial charge on any atom is -0.441 e. The number of carbonyl (C=O) groups is 1. The van der Waals surface area contributed by atoms with Crippen LogP contribution >= 0.6 is 0 Å². The zero-order valence-electron chi connectivity index (χ0n) is 12.5. The number of carbonyl (C=O) groups excluding carboxylic acids is 1. The Labute approximate surface area is 127 Å². The third kappa shape index (κ3) is 3.82. The van der Waals surface area contributed by atoms with Crippen LogP contribution in [0.2, 0.25) is 0 Å². The van der Waals surface area contributed by atoms with Gasteiger partial charge in [0.1, 0.15) is 11.0 Å². The van der Waals surface area contributed by atoms with Crippen molar-refractivity contribution < 1.29 is 18.9 Å². The highest BCUT2D eigenvalue weighted by Gasteiger charge is 2.32. The van der Waals surface area contributed by atoms with E-state index in [0.29, 0.717) is 13.1 Å². The Balaban J connectivity index is 1.93. The van der Waals surface area contributed by atoms with Crippen LogP contribution in [-0.4, -0.2) is 59.4 Å². The van der Waals surface area contributed by atoms with Gasteiger partial charge in [-0.3, -0.25) is 10.1 Å². The van der Waals surface area contributed by atoms with E-state index in [-0.39, 0.29) is 17.7 Å². The Morgan fingerprint density at radius 2 is 2.23 bits per heavy atom. The Morgan fingerprint density at radius 1 is 1.50 bits per heavy atom. The highest BCUT2D eigenvalue weighted by Crippen LogP contribution is 2.16. The molecule has 0 spiro atoms. The smallest absolute Gasteiger partial charge is 0.433 e. The molecule has 0 radical (unpaired) electrons. The van der Waals surface area contributed by atoms with E-state index in [4.69, 9.17) is 9.15 Å². The number of hydrogen-bond donors (Lipinski definition) is 0. The van der Waals surface area contributed by atoms with Crippen LogP contribution in [-0.2, 0) is 4.74 Å². The molecule has 2 rings (SSSR count). The average Bonchev–Trinajstić information content (AvgIpc) is 3.09. The molecule has 1 amide bonds. The van der Waals surface area contributed by atoms with Crippen LogP contribution in [0.1, 0.15) is 19.6 Å². The minimum atomic E-state index is -0.637. The molecule has 9 nitrogen and oxygen atoms in total. The summed E-state index contributed by atoms with van der Waals surface area (Å²) >= 11 is 0. The third-order valence-electron chi connectivity index (χ3n) is 3.33. The van der Waals surface area contributed by atoms with E-state index in [1.807, 2.05) is 13.8 Å². The van der Waals surface area contributed by atoms with Crippen LogP contribution in [0, 0.1) is 10.1 Å². The number of hydrazone groups is 1. The number of rotatable bonds is 7. The molecule has 0 aromatic carbocycles. The molecule has 1 fully saturated rings. The maximum atomic E-state index is 11.7. The number of nitrogens with zero attached hydrogens (tertiary/aromatic N) is 4. The highest BCUT2D eigenvalue weighted by molar-refractivity contribution is 5.78. The molecule has 1 aromatic rings. The molecule has 1 atom stereocenters. The number of nitro groups is 1. The zero-order valence-corrected chi connectivity index (χ0v) is 12.5. The van der Waals surface area contributed by atoms with Crippen molar-refractivity contribution in [2.45, 2.75) is 20.0 Å². The van der Waals surface area contributed by atoms with Gasteiger partial charge in [-0.05, 0) is 19.2 Å². The number of cyclic esters (lactones) is 1. The molecule has 1 aliphatic heterocycles. The first-order valence-electron chi connectivity index (χ1n) is 7.02. The summed E-state index contributed by atoms with van der Waals surface area (Å²) < 4.78 is 10.2. The monoisotopic (exact) mass is 310 g/mol. The molecule has 1 saturated heterocycles.